The lowest BCUT2D eigenvalue weighted by Crippen LogP contribution is -2.13. The second kappa shape index (κ2) is 5.63. The molecule has 18 heavy (non-hydrogen) atoms. The molecule has 0 aliphatic carbocycles. The van der Waals surface area contributed by atoms with Crippen molar-refractivity contribution in [3.8, 4) is 0 Å². The van der Waals surface area contributed by atoms with Crippen molar-refractivity contribution in [1.82, 2.24) is 9.97 Å². The second-order valence-corrected chi connectivity index (χ2v) is 5.43. The number of aromatic nitrogens is 2. The molecule has 1 aromatic heterocycles. The molecule has 1 heterocycles. The molecule has 2 aromatic rings. The van der Waals surface area contributed by atoms with Crippen molar-refractivity contribution in [2.45, 2.75) is 25.1 Å². The van der Waals surface area contributed by atoms with E-state index in [9.17, 15) is 4.79 Å². The van der Waals surface area contributed by atoms with Gasteiger partial charge < -0.3 is 9.72 Å². The molecule has 0 bridgehead atoms. The number of rotatable bonds is 4. The molecule has 1 aromatic carbocycles. The summed E-state index contributed by atoms with van der Waals surface area (Å²) in [5.41, 5.74) is 1.70. The molecule has 0 radical (unpaired) electrons. The first-order chi connectivity index (χ1) is 8.54. The van der Waals surface area contributed by atoms with E-state index in [1.54, 1.807) is 12.1 Å². The van der Waals surface area contributed by atoms with Crippen molar-refractivity contribution in [3.05, 3.63) is 23.2 Å². The molecule has 2 rings (SSSR count). The molecule has 0 fully saturated rings. The number of thioether (sulfide) groups is 1. The fraction of sp³-hybridized carbons (Fsp3) is 0.333. The third kappa shape index (κ3) is 3.40. The molecule has 0 unspecified atom stereocenters. The monoisotopic (exact) mass is 284 g/mol. The molecule has 6 heteroatoms. The Morgan fingerprint density at radius 1 is 1.56 bits per heavy atom. The number of carbonyl (C=O) groups is 1. The van der Waals surface area contributed by atoms with E-state index in [0.717, 1.165) is 11.0 Å². The number of halogens is 1. The molecule has 96 valence electrons. The first-order valence-corrected chi connectivity index (χ1v) is 6.88. The molecule has 1 N–H and O–H groups in total. The Morgan fingerprint density at radius 2 is 2.33 bits per heavy atom. The van der Waals surface area contributed by atoms with Crippen LogP contribution < -0.4 is 0 Å². The summed E-state index contributed by atoms with van der Waals surface area (Å²) in [6, 6.07) is 5.43. The summed E-state index contributed by atoms with van der Waals surface area (Å²) >= 11 is 7.20. The molecule has 0 atom stereocenters. The van der Waals surface area contributed by atoms with Crippen LogP contribution in [-0.4, -0.2) is 27.8 Å². The molecule has 0 aliphatic heterocycles. The predicted molar refractivity (Wildman–Crippen MR) is 73.1 cm³/mol. The average molecular weight is 285 g/mol. The molecule has 0 amide bonds. The maximum absolute atomic E-state index is 11.4. The summed E-state index contributed by atoms with van der Waals surface area (Å²) in [4.78, 5) is 18.8. The zero-order valence-electron chi connectivity index (χ0n) is 10.1. The summed E-state index contributed by atoms with van der Waals surface area (Å²) in [6.45, 7) is 3.65. The van der Waals surface area contributed by atoms with Crippen LogP contribution in [0.3, 0.4) is 0 Å². The van der Waals surface area contributed by atoms with E-state index in [1.165, 1.54) is 11.8 Å². The minimum Gasteiger partial charge on any atom is -0.462 e. The maximum Gasteiger partial charge on any atom is 0.316 e. The maximum atomic E-state index is 11.4. The highest BCUT2D eigenvalue weighted by Crippen LogP contribution is 2.22. The Bertz CT molecular complexity index is 568. The standard InChI is InChI=1S/C12H13ClN2O2S/c1-7(2)17-11(16)6-18-12-14-9-4-3-8(13)5-10(9)15-12/h3-5,7H,6H2,1-2H3,(H,14,15). The van der Waals surface area contributed by atoms with E-state index in [2.05, 4.69) is 9.97 Å². The summed E-state index contributed by atoms with van der Waals surface area (Å²) in [6.07, 6.45) is -0.0902. The van der Waals surface area contributed by atoms with Gasteiger partial charge in [-0.05, 0) is 32.0 Å². The highest BCUT2D eigenvalue weighted by atomic mass is 35.5. The quantitative estimate of drug-likeness (QED) is 0.692. The fourth-order valence-electron chi connectivity index (χ4n) is 1.45. The summed E-state index contributed by atoms with van der Waals surface area (Å²) in [5.74, 6) is -0.000341. The number of H-pyrrole nitrogens is 1. The number of nitrogens with one attached hydrogen (secondary N) is 1. The number of nitrogens with zero attached hydrogens (tertiary/aromatic N) is 1. The van der Waals surface area contributed by atoms with Crippen LogP contribution in [-0.2, 0) is 9.53 Å². The van der Waals surface area contributed by atoms with Crippen molar-refractivity contribution in [2.24, 2.45) is 0 Å². The zero-order chi connectivity index (χ0) is 13.1. The zero-order valence-corrected chi connectivity index (χ0v) is 11.6. The van der Waals surface area contributed by atoms with Gasteiger partial charge in [-0.25, -0.2) is 4.98 Å². The van der Waals surface area contributed by atoms with E-state index in [0.29, 0.717) is 10.2 Å². The highest BCUT2D eigenvalue weighted by molar-refractivity contribution is 7.99. The summed E-state index contributed by atoms with van der Waals surface area (Å²) < 4.78 is 5.04. The van der Waals surface area contributed by atoms with Crippen LogP contribution in [0.4, 0.5) is 0 Å². The fourth-order valence-corrected chi connectivity index (χ4v) is 2.29. The smallest absolute Gasteiger partial charge is 0.316 e. The number of aromatic amines is 1. The molecule has 4 nitrogen and oxygen atoms in total. The number of esters is 1. The van der Waals surface area contributed by atoms with E-state index in [1.807, 2.05) is 19.9 Å². The van der Waals surface area contributed by atoms with Gasteiger partial charge in [-0.3, -0.25) is 4.79 Å². The number of carbonyl (C=O) groups excluding carboxylic acids is 1. The van der Waals surface area contributed by atoms with E-state index in [-0.39, 0.29) is 17.8 Å². The van der Waals surface area contributed by atoms with Crippen molar-refractivity contribution in [3.63, 3.8) is 0 Å². The third-order valence-corrected chi connectivity index (χ3v) is 3.20. The van der Waals surface area contributed by atoms with E-state index in [4.69, 9.17) is 16.3 Å². The van der Waals surface area contributed by atoms with Crippen molar-refractivity contribution in [1.29, 1.82) is 0 Å². The van der Waals surface area contributed by atoms with Gasteiger partial charge in [0.2, 0.25) is 0 Å². The minimum absolute atomic E-state index is 0.0902. The molecule has 0 saturated carbocycles. The van der Waals surface area contributed by atoms with Gasteiger partial charge in [0.25, 0.3) is 0 Å². The number of hydrogen-bond acceptors (Lipinski definition) is 4. The summed E-state index contributed by atoms with van der Waals surface area (Å²) in [7, 11) is 0. The first kappa shape index (κ1) is 13.2. The van der Waals surface area contributed by atoms with Gasteiger partial charge in [-0.1, -0.05) is 23.4 Å². The van der Waals surface area contributed by atoms with Crippen LogP contribution >= 0.6 is 23.4 Å². The van der Waals surface area contributed by atoms with Crippen LogP contribution in [0.15, 0.2) is 23.4 Å². The van der Waals surface area contributed by atoms with Gasteiger partial charge in [-0.15, -0.1) is 0 Å². The molecule has 0 saturated heterocycles. The third-order valence-electron chi connectivity index (χ3n) is 2.12. The van der Waals surface area contributed by atoms with Gasteiger partial charge >= 0.3 is 5.97 Å². The Balaban J connectivity index is 2.02. The first-order valence-electron chi connectivity index (χ1n) is 5.52. The Kier molecular flexibility index (Phi) is 4.14. The molecule has 0 spiro atoms. The normalized spacial score (nSPS) is 11.1. The van der Waals surface area contributed by atoms with Crippen LogP contribution in [0.1, 0.15) is 13.8 Å². The van der Waals surface area contributed by atoms with Crippen molar-refractivity contribution in [2.75, 3.05) is 5.75 Å². The number of hydrogen-bond donors (Lipinski definition) is 1. The van der Waals surface area contributed by atoms with Gasteiger partial charge in [-0.2, -0.15) is 0 Å². The lowest BCUT2D eigenvalue weighted by Gasteiger charge is -2.06. The van der Waals surface area contributed by atoms with Gasteiger partial charge in [0.05, 0.1) is 22.9 Å². The highest BCUT2D eigenvalue weighted by Gasteiger charge is 2.09. The van der Waals surface area contributed by atoms with Crippen molar-refractivity contribution < 1.29 is 9.53 Å². The number of imidazole rings is 1. The SMILES string of the molecule is CC(C)OC(=O)CSc1nc2ccc(Cl)cc2[nH]1. The Labute approximate surface area is 114 Å². The van der Waals surface area contributed by atoms with Crippen LogP contribution in [0.2, 0.25) is 5.02 Å². The Morgan fingerprint density at radius 3 is 3.06 bits per heavy atom. The van der Waals surface area contributed by atoms with Crippen LogP contribution in [0.5, 0.6) is 0 Å². The second-order valence-electron chi connectivity index (χ2n) is 4.03. The van der Waals surface area contributed by atoms with Gasteiger partial charge in [0, 0.05) is 5.02 Å². The van der Waals surface area contributed by atoms with Gasteiger partial charge in [0.1, 0.15) is 0 Å². The number of benzene rings is 1. The number of ether oxygens (including phenoxy) is 1. The number of fused-ring (bicyclic) bond motifs is 1. The Hall–Kier alpha value is -1.20. The summed E-state index contributed by atoms with van der Waals surface area (Å²) in [5, 5.41) is 1.34. The van der Waals surface area contributed by atoms with Crippen molar-refractivity contribution >= 4 is 40.4 Å². The van der Waals surface area contributed by atoms with Crippen LogP contribution in [0, 0.1) is 0 Å². The largest absolute Gasteiger partial charge is 0.462 e. The minimum atomic E-state index is -0.242. The predicted octanol–water partition coefficient (Wildman–Crippen LogP) is 3.26. The van der Waals surface area contributed by atoms with E-state index < -0.39 is 0 Å². The van der Waals surface area contributed by atoms with E-state index >= 15 is 0 Å². The molecule has 0 aliphatic rings. The van der Waals surface area contributed by atoms with Gasteiger partial charge in [0.15, 0.2) is 5.16 Å². The topological polar surface area (TPSA) is 55.0 Å². The lowest BCUT2D eigenvalue weighted by molar-refractivity contribution is -0.144. The average Bonchev–Trinajstić information content (AvgIpc) is 2.67. The van der Waals surface area contributed by atoms with Crippen LogP contribution in [0.25, 0.3) is 11.0 Å². The molecular formula is C12H13ClN2O2S. The lowest BCUT2D eigenvalue weighted by atomic mass is 10.3. The molecular weight excluding hydrogens is 272 g/mol.